The molecule has 1 unspecified atom stereocenters. The lowest BCUT2D eigenvalue weighted by Gasteiger charge is -2.34. The molecule has 0 aromatic heterocycles. The van der Waals surface area contributed by atoms with Crippen molar-refractivity contribution in [3.63, 3.8) is 0 Å². The van der Waals surface area contributed by atoms with Crippen molar-refractivity contribution in [2.75, 3.05) is 11.9 Å². The van der Waals surface area contributed by atoms with E-state index in [9.17, 15) is 9.90 Å². The van der Waals surface area contributed by atoms with E-state index in [2.05, 4.69) is 15.9 Å². The highest BCUT2D eigenvalue weighted by atomic mass is 79.9. The topological polar surface area (TPSA) is 40.5 Å². The van der Waals surface area contributed by atoms with E-state index in [1.165, 1.54) is 6.42 Å². The van der Waals surface area contributed by atoms with Crippen molar-refractivity contribution in [2.45, 2.75) is 32.2 Å². The highest BCUT2D eigenvalue weighted by Crippen LogP contribution is 2.23. The van der Waals surface area contributed by atoms with Crippen LogP contribution >= 0.6 is 15.9 Å². The highest BCUT2D eigenvalue weighted by molar-refractivity contribution is 9.09. The van der Waals surface area contributed by atoms with Crippen molar-refractivity contribution in [3.05, 3.63) is 29.3 Å². The Labute approximate surface area is 116 Å². The summed E-state index contributed by atoms with van der Waals surface area (Å²) in [6.07, 6.45) is 3.33. The predicted molar refractivity (Wildman–Crippen MR) is 75.3 cm³/mol. The zero-order chi connectivity index (χ0) is 13.1. The number of aromatic hydroxyl groups is 1. The van der Waals surface area contributed by atoms with E-state index in [0.717, 1.165) is 30.3 Å². The molecule has 1 aromatic carbocycles. The van der Waals surface area contributed by atoms with Crippen LogP contribution in [0.3, 0.4) is 0 Å². The standard InChI is InChI=1S/C14H18BrNO2/c1-10-8-11(5-6-13(10)17)14(18)16-7-3-2-4-12(16)9-15/h5-6,8,12,17H,2-4,7,9H2,1H3. The second kappa shape index (κ2) is 5.74. The maximum Gasteiger partial charge on any atom is 0.254 e. The molecule has 1 aliphatic rings. The fraction of sp³-hybridized carbons (Fsp3) is 0.500. The smallest absolute Gasteiger partial charge is 0.254 e. The number of alkyl halides is 1. The highest BCUT2D eigenvalue weighted by Gasteiger charge is 2.26. The number of phenols is 1. The van der Waals surface area contributed by atoms with Crippen LogP contribution in [0.5, 0.6) is 5.75 Å². The monoisotopic (exact) mass is 311 g/mol. The molecule has 18 heavy (non-hydrogen) atoms. The van der Waals surface area contributed by atoms with Gasteiger partial charge in [-0.1, -0.05) is 15.9 Å². The van der Waals surface area contributed by atoms with Crippen LogP contribution in [-0.4, -0.2) is 33.8 Å². The van der Waals surface area contributed by atoms with Crippen molar-refractivity contribution >= 4 is 21.8 Å². The van der Waals surface area contributed by atoms with Gasteiger partial charge in [0.2, 0.25) is 0 Å². The molecule has 1 saturated heterocycles. The first-order valence-electron chi connectivity index (χ1n) is 6.30. The Morgan fingerprint density at radius 2 is 2.28 bits per heavy atom. The lowest BCUT2D eigenvalue weighted by molar-refractivity contribution is 0.0642. The van der Waals surface area contributed by atoms with Gasteiger partial charge in [-0.3, -0.25) is 4.79 Å². The first kappa shape index (κ1) is 13.4. The Bertz CT molecular complexity index is 447. The molecule has 1 amide bonds. The minimum atomic E-state index is 0.0715. The average molecular weight is 312 g/mol. The van der Waals surface area contributed by atoms with Gasteiger partial charge >= 0.3 is 0 Å². The molecule has 1 N–H and O–H groups in total. The van der Waals surface area contributed by atoms with E-state index >= 15 is 0 Å². The van der Waals surface area contributed by atoms with Crippen LogP contribution in [-0.2, 0) is 0 Å². The Balaban J connectivity index is 2.21. The van der Waals surface area contributed by atoms with Crippen LogP contribution in [0.4, 0.5) is 0 Å². The third-order valence-electron chi connectivity index (χ3n) is 3.51. The van der Waals surface area contributed by atoms with Crippen molar-refractivity contribution in [3.8, 4) is 5.75 Å². The van der Waals surface area contributed by atoms with Gasteiger partial charge < -0.3 is 10.0 Å². The third kappa shape index (κ3) is 2.69. The maximum absolute atomic E-state index is 12.5. The summed E-state index contributed by atoms with van der Waals surface area (Å²) in [4.78, 5) is 14.4. The van der Waals surface area contributed by atoms with Gasteiger partial charge in [0, 0.05) is 23.5 Å². The van der Waals surface area contributed by atoms with Gasteiger partial charge in [-0.15, -0.1) is 0 Å². The van der Waals surface area contributed by atoms with E-state index in [1.54, 1.807) is 18.2 Å². The maximum atomic E-state index is 12.5. The Morgan fingerprint density at radius 1 is 1.50 bits per heavy atom. The van der Waals surface area contributed by atoms with Crippen molar-refractivity contribution in [1.29, 1.82) is 0 Å². The lowest BCUT2D eigenvalue weighted by atomic mass is 10.0. The summed E-state index contributed by atoms with van der Waals surface area (Å²) < 4.78 is 0. The number of hydrogen-bond donors (Lipinski definition) is 1. The number of benzene rings is 1. The lowest BCUT2D eigenvalue weighted by Crippen LogP contribution is -2.44. The quantitative estimate of drug-likeness (QED) is 0.853. The molecular weight excluding hydrogens is 294 g/mol. The molecule has 1 aliphatic heterocycles. The summed E-state index contributed by atoms with van der Waals surface area (Å²) in [6, 6.07) is 5.35. The number of likely N-dealkylation sites (tertiary alicyclic amines) is 1. The van der Waals surface area contributed by atoms with Crippen LogP contribution in [0, 0.1) is 6.92 Å². The first-order valence-corrected chi connectivity index (χ1v) is 7.42. The average Bonchev–Trinajstić information content (AvgIpc) is 2.41. The Morgan fingerprint density at radius 3 is 2.94 bits per heavy atom. The molecule has 1 heterocycles. The molecule has 1 atom stereocenters. The molecule has 2 rings (SSSR count). The molecule has 1 aromatic rings. The van der Waals surface area contributed by atoms with Crippen LogP contribution in [0.2, 0.25) is 0 Å². The van der Waals surface area contributed by atoms with E-state index in [-0.39, 0.29) is 11.7 Å². The number of nitrogens with zero attached hydrogens (tertiary/aromatic N) is 1. The molecule has 0 bridgehead atoms. The second-order valence-corrected chi connectivity index (χ2v) is 5.45. The number of hydrogen-bond acceptors (Lipinski definition) is 2. The molecule has 0 radical (unpaired) electrons. The largest absolute Gasteiger partial charge is 0.508 e. The van der Waals surface area contributed by atoms with Crippen molar-refractivity contribution < 1.29 is 9.90 Å². The van der Waals surface area contributed by atoms with E-state index < -0.39 is 0 Å². The van der Waals surface area contributed by atoms with Gasteiger partial charge in [-0.25, -0.2) is 0 Å². The zero-order valence-electron chi connectivity index (χ0n) is 10.5. The predicted octanol–water partition coefficient (Wildman–Crippen LogP) is 3.09. The third-order valence-corrected chi connectivity index (χ3v) is 4.26. The van der Waals surface area contributed by atoms with E-state index in [1.807, 2.05) is 11.8 Å². The summed E-state index contributed by atoms with van der Waals surface area (Å²) in [7, 11) is 0. The fourth-order valence-corrected chi connectivity index (χ4v) is 3.06. The van der Waals surface area contributed by atoms with Gasteiger partial charge in [-0.2, -0.15) is 0 Å². The van der Waals surface area contributed by atoms with Crippen molar-refractivity contribution in [2.24, 2.45) is 0 Å². The number of rotatable bonds is 2. The van der Waals surface area contributed by atoms with Crippen molar-refractivity contribution in [1.82, 2.24) is 4.90 Å². The summed E-state index contributed by atoms with van der Waals surface area (Å²) in [5.41, 5.74) is 1.41. The van der Waals surface area contributed by atoms with Gasteiger partial charge in [0.25, 0.3) is 5.91 Å². The zero-order valence-corrected chi connectivity index (χ0v) is 12.1. The summed E-state index contributed by atoms with van der Waals surface area (Å²) in [5.74, 6) is 0.310. The van der Waals surface area contributed by atoms with Gasteiger partial charge in [0.05, 0.1) is 0 Å². The second-order valence-electron chi connectivity index (χ2n) is 4.80. The Kier molecular flexibility index (Phi) is 4.27. The number of carbonyl (C=O) groups excluding carboxylic acids is 1. The summed E-state index contributed by atoms with van der Waals surface area (Å²) in [6.45, 7) is 2.64. The number of halogens is 1. The van der Waals surface area contributed by atoms with E-state index in [0.29, 0.717) is 11.6 Å². The van der Waals surface area contributed by atoms with E-state index in [4.69, 9.17) is 0 Å². The minimum absolute atomic E-state index is 0.0715. The number of amides is 1. The van der Waals surface area contributed by atoms with Crippen LogP contribution in [0.15, 0.2) is 18.2 Å². The summed E-state index contributed by atoms with van der Waals surface area (Å²) in [5, 5.41) is 10.3. The van der Waals surface area contributed by atoms with Crippen LogP contribution in [0.25, 0.3) is 0 Å². The molecule has 0 saturated carbocycles. The van der Waals surface area contributed by atoms with Crippen LogP contribution < -0.4 is 0 Å². The molecule has 98 valence electrons. The fourth-order valence-electron chi connectivity index (χ4n) is 2.38. The number of piperidine rings is 1. The summed E-state index contributed by atoms with van der Waals surface area (Å²) >= 11 is 3.48. The van der Waals surface area contributed by atoms with Gasteiger partial charge in [0.1, 0.15) is 5.75 Å². The normalized spacial score (nSPS) is 19.9. The molecule has 0 aliphatic carbocycles. The number of aryl methyl sites for hydroxylation is 1. The molecule has 4 heteroatoms. The van der Waals surface area contributed by atoms with Crippen LogP contribution in [0.1, 0.15) is 35.2 Å². The molecule has 0 spiro atoms. The van der Waals surface area contributed by atoms with Gasteiger partial charge in [0.15, 0.2) is 0 Å². The number of carbonyl (C=O) groups is 1. The van der Waals surface area contributed by atoms with Gasteiger partial charge in [-0.05, 0) is 49.9 Å². The number of phenolic OH excluding ortho intramolecular Hbond substituents is 1. The first-order chi connectivity index (χ1) is 8.63. The molecule has 1 fully saturated rings. The molecule has 3 nitrogen and oxygen atoms in total. The Hall–Kier alpha value is -1.03. The SMILES string of the molecule is Cc1cc(C(=O)N2CCCCC2CBr)ccc1O. The minimum Gasteiger partial charge on any atom is -0.508 e. The molecular formula is C14H18BrNO2.